The first-order valence-corrected chi connectivity index (χ1v) is 9.89. The van der Waals surface area contributed by atoms with Gasteiger partial charge >= 0.3 is 6.09 Å². The first-order valence-electron chi connectivity index (χ1n) is 9.89. The van der Waals surface area contributed by atoms with Crippen LogP contribution in [0.5, 0.6) is 0 Å². The van der Waals surface area contributed by atoms with Gasteiger partial charge in [-0.2, -0.15) is 0 Å². The largest absolute Gasteiger partial charge is 0.471 e. The van der Waals surface area contributed by atoms with Crippen LogP contribution in [0.15, 0.2) is 0 Å². The Bertz CT molecular complexity index is 535. The molecule has 1 heterocycles. The van der Waals surface area contributed by atoms with E-state index in [1.54, 1.807) is 25.7 Å². The quantitative estimate of drug-likeness (QED) is 0.608. The Morgan fingerprint density at radius 1 is 1.28 bits per heavy atom. The van der Waals surface area contributed by atoms with E-state index in [1.807, 2.05) is 18.7 Å². The van der Waals surface area contributed by atoms with Crippen LogP contribution in [0, 0.1) is 0 Å². The molecule has 0 bridgehead atoms. The highest BCUT2D eigenvalue weighted by Crippen LogP contribution is 2.24. The molecular weight excluding hydrogens is 378 g/mol. The van der Waals surface area contributed by atoms with Crippen LogP contribution in [0.4, 0.5) is 4.79 Å². The summed E-state index contributed by atoms with van der Waals surface area (Å²) in [6, 6.07) is 0.230. The van der Waals surface area contributed by atoms with Crippen LogP contribution in [0.3, 0.4) is 0 Å². The van der Waals surface area contributed by atoms with Crippen LogP contribution in [0.25, 0.3) is 0 Å². The minimum absolute atomic E-state index is 0.0402. The molecule has 0 aromatic heterocycles. The second-order valence-corrected chi connectivity index (χ2v) is 8.27. The molecule has 0 aliphatic carbocycles. The zero-order chi connectivity index (χ0) is 22.6. The number of methoxy groups -OCH3 is 1. The van der Waals surface area contributed by atoms with E-state index in [4.69, 9.17) is 9.53 Å². The molecule has 0 radical (unpaired) electrons. The standard InChI is InChI=1S/C18H33N3O4.C2H4O2/c1-13(19-17(24)25-18(4,5)6)11-20(15(3)23)10-9-16-8-7-14(2)21(16)12-22;1-4-2-3/h12-14,16H,7-11H2,1-6H3,(H,19,24);2H,1H3/t13?,14?,16-;/m1./s1. The number of hydrogen-bond donors (Lipinski definition) is 1. The Kier molecular flexibility index (Phi) is 12.0. The van der Waals surface area contributed by atoms with Gasteiger partial charge in [0.2, 0.25) is 12.3 Å². The summed E-state index contributed by atoms with van der Waals surface area (Å²) < 4.78 is 9.09. The molecule has 0 aromatic carbocycles. The average Bonchev–Trinajstić information content (AvgIpc) is 2.96. The molecule has 1 rings (SSSR count). The normalized spacial score (nSPS) is 19.3. The number of likely N-dealkylation sites (tertiary alicyclic amines) is 1. The molecule has 0 saturated carbocycles. The minimum Gasteiger partial charge on any atom is -0.471 e. The summed E-state index contributed by atoms with van der Waals surface area (Å²) in [6.45, 7) is 12.2. The second-order valence-electron chi connectivity index (χ2n) is 8.27. The fraction of sp³-hybridized carbons (Fsp3) is 0.800. The van der Waals surface area contributed by atoms with Crippen molar-refractivity contribution in [1.29, 1.82) is 0 Å². The summed E-state index contributed by atoms with van der Waals surface area (Å²) in [5, 5.41) is 2.76. The number of ether oxygens (including phenoxy) is 2. The van der Waals surface area contributed by atoms with E-state index in [2.05, 4.69) is 10.1 Å². The van der Waals surface area contributed by atoms with Gasteiger partial charge in [0.25, 0.3) is 6.47 Å². The number of nitrogens with one attached hydrogen (secondary N) is 1. The van der Waals surface area contributed by atoms with Crippen molar-refractivity contribution in [3.05, 3.63) is 0 Å². The molecule has 29 heavy (non-hydrogen) atoms. The topological polar surface area (TPSA) is 105 Å². The first kappa shape index (κ1) is 26.7. The molecule has 168 valence electrons. The zero-order valence-corrected chi connectivity index (χ0v) is 18.8. The molecule has 1 saturated heterocycles. The number of rotatable bonds is 8. The molecule has 3 atom stereocenters. The summed E-state index contributed by atoms with van der Waals surface area (Å²) in [4.78, 5) is 47.5. The Morgan fingerprint density at radius 3 is 2.31 bits per heavy atom. The van der Waals surface area contributed by atoms with Crippen LogP contribution in [0.1, 0.15) is 60.8 Å². The number of nitrogens with zero attached hydrogens (tertiary/aromatic N) is 2. The van der Waals surface area contributed by atoms with Crippen LogP contribution < -0.4 is 5.32 Å². The summed E-state index contributed by atoms with van der Waals surface area (Å²) in [7, 11) is 1.31. The van der Waals surface area contributed by atoms with E-state index in [0.29, 0.717) is 19.6 Å². The van der Waals surface area contributed by atoms with Gasteiger partial charge in [-0.25, -0.2) is 4.79 Å². The van der Waals surface area contributed by atoms with E-state index in [0.717, 1.165) is 25.7 Å². The van der Waals surface area contributed by atoms with E-state index in [1.165, 1.54) is 14.0 Å². The molecular formula is C20H37N3O6. The van der Waals surface area contributed by atoms with Crippen molar-refractivity contribution < 1.29 is 28.7 Å². The van der Waals surface area contributed by atoms with Crippen LogP contribution in [0.2, 0.25) is 0 Å². The number of hydrogen-bond acceptors (Lipinski definition) is 6. The maximum absolute atomic E-state index is 11.9. The average molecular weight is 416 g/mol. The Labute approximate surface area is 174 Å². The van der Waals surface area contributed by atoms with Crippen molar-refractivity contribution in [2.75, 3.05) is 20.2 Å². The monoisotopic (exact) mass is 415 g/mol. The molecule has 1 aliphatic heterocycles. The van der Waals surface area contributed by atoms with Crippen LogP contribution in [-0.2, 0) is 23.9 Å². The molecule has 2 unspecified atom stereocenters. The van der Waals surface area contributed by atoms with E-state index >= 15 is 0 Å². The summed E-state index contributed by atoms with van der Waals surface area (Å²) in [5.74, 6) is -0.0402. The molecule has 0 aromatic rings. The van der Waals surface area contributed by atoms with E-state index in [-0.39, 0.29) is 24.0 Å². The van der Waals surface area contributed by atoms with E-state index in [9.17, 15) is 14.4 Å². The maximum Gasteiger partial charge on any atom is 0.407 e. The van der Waals surface area contributed by atoms with Gasteiger partial charge in [0, 0.05) is 38.1 Å². The lowest BCUT2D eigenvalue weighted by molar-refractivity contribution is -0.129. The maximum atomic E-state index is 11.9. The highest BCUT2D eigenvalue weighted by atomic mass is 16.6. The van der Waals surface area contributed by atoms with Gasteiger partial charge < -0.3 is 24.6 Å². The second kappa shape index (κ2) is 13.0. The Hall–Kier alpha value is -2.32. The van der Waals surface area contributed by atoms with Gasteiger partial charge in [0.15, 0.2) is 0 Å². The van der Waals surface area contributed by atoms with Crippen LogP contribution >= 0.6 is 0 Å². The lowest BCUT2D eigenvalue weighted by Crippen LogP contribution is -2.46. The third-order valence-corrected chi connectivity index (χ3v) is 4.50. The summed E-state index contributed by atoms with van der Waals surface area (Å²) in [6.07, 6.45) is 3.15. The molecule has 1 fully saturated rings. The van der Waals surface area contributed by atoms with Crippen LogP contribution in [-0.4, -0.2) is 78.6 Å². The van der Waals surface area contributed by atoms with Gasteiger partial charge in [0.05, 0.1) is 7.11 Å². The molecule has 0 spiro atoms. The van der Waals surface area contributed by atoms with Crippen molar-refractivity contribution in [3.63, 3.8) is 0 Å². The number of alkyl carbamates (subject to hydrolysis) is 1. The predicted molar refractivity (Wildman–Crippen MR) is 109 cm³/mol. The zero-order valence-electron chi connectivity index (χ0n) is 18.8. The fourth-order valence-corrected chi connectivity index (χ4v) is 3.14. The third-order valence-electron chi connectivity index (χ3n) is 4.50. The van der Waals surface area contributed by atoms with Crippen molar-refractivity contribution in [3.8, 4) is 0 Å². The number of carbonyl (C=O) groups is 4. The predicted octanol–water partition coefficient (Wildman–Crippen LogP) is 1.94. The number of carbonyl (C=O) groups excluding carboxylic acids is 4. The lowest BCUT2D eigenvalue weighted by atomic mass is 10.1. The SMILES string of the molecule is CC(=O)N(CC[C@H]1CCC(C)N1C=O)CC(C)NC(=O)OC(C)(C)C.COC=O. The van der Waals surface area contributed by atoms with Gasteiger partial charge in [0.1, 0.15) is 5.60 Å². The van der Waals surface area contributed by atoms with Crippen molar-refractivity contribution in [2.45, 2.75) is 84.5 Å². The summed E-state index contributed by atoms with van der Waals surface area (Å²) in [5.41, 5.74) is -0.554. The fourth-order valence-electron chi connectivity index (χ4n) is 3.14. The molecule has 1 aliphatic rings. The Morgan fingerprint density at radius 2 is 1.86 bits per heavy atom. The first-order chi connectivity index (χ1) is 13.4. The van der Waals surface area contributed by atoms with Crippen molar-refractivity contribution in [1.82, 2.24) is 15.1 Å². The van der Waals surface area contributed by atoms with E-state index < -0.39 is 11.7 Å². The number of amides is 3. The Balaban J connectivity index is 0.00000178. The third kappa shape index (κ3) is 11.3. The smallest absolute Gasteiger partial charge is 0.407 e. The highest BCUT2D eigenvalue weighted by molar-refractivity contribution is 5.73. The molecule has 3 amide bonds. The molecule has 9 heteroatoms. The van der Waals surface area contributed by atoms with Gasteiger partial charge in [-0.15, -0.1) is 0 Å². The van der Waals surface area contributed by atoms with Crippen molar-refractivity contribution >= 4 is 24.9 Å². The highest BCUT2D eigenvalue weighted by Gasteiger charge is 2.29. The minimum atomic E-state index is -0.554. The lowest BCUT2D eigenvalue weighted by Gasteiger charge is -2.29. The molecule has 1 N–H and O–H groups in total. The summed E-state index contributed by atoms with van der Waals surface area (Å²) >= 11 is 0. The van der Waals surface area contributed by atoms with Gasteiger partial charge in [-0.3, -0.25) is 14.4 Å². The van der Waals surface area contributed by atoms with Crippen molar-refractivity contribution in [2.24, 2.45) is 0 Å². The molecule has 9 nitrogen and oxygen atoms in total. The van der Waals surface area contributed by atoms with Gasteiger partial charge in [-0.1, -0.05) is 0 Å². The van der Waals surface area contributed by atoms with Gasteiger partial charge in [-0.05, 0) is 53.9 Å².